The number of carbonyl (C=O) groups excluding carboxylic acids is 1. The Morgan fingerprint density at radius 3 is 2.64 bits per heavy atom. The summed E-state index contributed by atoms with van der Waals surface area (Å²) < 4.78 is 24.6. The van der Waals surface area contributed by atoms with E-state index in [2.05, 4.69) is 12.2 Å². The topological polar surface area (TPSA) is 63.2 Å². The van der Waals surface area contributed by atoms with Crippen LogP contribution < -0.4 is 5.32 Å². The van der Waals surface area contributed by atoms with Gasteiger partial charge in [0, 0.05) is 10.9 Å². The summed E-state index contributed by atoms with van der Waals surface area (Å²) in [6, 6.07) is 7.22. The molecule has 6 heteroatoms. The van der Waals surface area contributed by atoms with Crippen LogP contribution in [0.25, 0.3) is 0 Å². The molecule has 1 N–H and O–H groups in total. The molecule has 0 radical (unpaired) electrons. The number of amides is 1. The lowest BCUT2D eigenvalue weighted by Gasteiger charge is -2.14. The van der Waals surface area contributed by atoms with Crippen molar-refractivity contribution < 1.29 is 13.2 Å². The molecule has 1 aromatic rings. The van der Waals surface area contributed by atoms with E-state index in [-0.39, 0.29) is 23.0 Å². The number of benzene rings is 1. The minimum Gasteiger partial charge on any atom is -0.352 e. The summed E-state index contributed by atoms with van der Waals surface area (Å²) in [7, 11) is -3.28. The molecule has 0 unspecified atom stereocenters. The number of nitrogens with one attached hydrogen (secondary N) is 1. The van der Waals surface area contributed by atoms with Crippen LogP contribution in [0.1, 0.15) is 33.6 Å². The molecule has 1 saturated carbocycles. The van der Waals surface area contributed by atoms with E-state index in [4.69, 9.17) is 0 Å². The smallest absolute Gasteiger partial charge is 0.233 e. The van der Waals surface area contributed by atoms with Gasteiger partial charge >= 0.3 is 0 Å². The second-order valence-corrected chi connectivity index (χ2v) is 9.31. The maximum absolute atomic E-state index is 12.3. The highest BCUT2D eigenvalue weighted by atomic mass is 32.2. The van der Waals surface area contributed by atoms with Crippen molar-refractivity contribution >= 4 is 27.5 Å². The second-order valence-electron chi connectivity index (χ2n) is 5.85. The lowest BCUT2D eigenvalue weighted by atomic mass is 10.4. The van der Waals surface area contributed by atoms with Crippen molar-refractivity contribution in [3.63, 3.8) is 0 Å². The van der Waals surface area contributed by atoms with Crippen molar-refractivity contribution in [1.82, 2.24) is 5.32 Å². The molecule has 22 heavy (non-hydrogen) atoms. The fraction of sp³-hybridized carbons (Fsp3) is 0.562. The zero-order valence-electron chi connectivity index (χ0n) is 13.2. The molecule has 0 saturated heterocycles. The summed E-state index contributed by atoms with van der Waals surface area (Å²) >= 11 is 1.31. The molecule has 1 fully saturated rings. The third kappa shape index (κ3) is 4.26. The van der Waals surface area contributed by atoms with Crippen molar-refractivity contribution in [3.8, 4) is 0 Å². The molecule has 0 spiro atoms. The van der Waals surface area contributed by atoms with Gasteiger partial charge in [-0.05, 0) is 37.8 Å². The van der Waals surface area contributed by atoms with Gasteiger partial charge in [0.2, 0.25) is 5.91 Å². The first-order chi connectivity index (χ1) is 10.3. The number of sulfone groups is 1. The molecular formula is C16H23NO3S2. The summed E-state index contributed by atoms with van der Waals surface area (Å²) in [5.74, 6) is 0.658. The van der Waals surface area contributed by atoms with Crippen LogP contribution in [0.2, 0.25) is 0 Å². The largest absolute Gasteiger partial charge is 0.352 e. The Balaban J connectivity index is 2.10. The van der Waals surface area contributed by atoms with Gasteiger partial charge in [-0.2, -0.15) is 0 Å². The van der Waals surface area contributed by atoms with Crippen LogP contribution >= 0.6 is 11.8 Å². The highest BCUT2D eigenvalue weighted by Crippen LogP contribution is 2.33. The van der Waals surface area contributed by atoms with E-state index in [1.807, 2.05) is 13.8 Å². The normalized spacial score (nSPS) is 22.1. The first-order valence-corrected chi connectivity index (χ1v) is 10.2. The van der Waals surface area contributed by atoms with Crippen LogP contribution in [0.15, 0.2) is 34.1 Å². The van der Waals surface area contributed by atoms with Gasteiger partial charge in [0.05, 0.1) is 15.9 Å². The van der Waals surface area contributed by atoms with Crippen LogP contribution in [0.5, 0.6) is 0 Å². The average Bonchev–Trinajstić information content (AvgIpc) is 3.14. The molecule has 1 aliphatic carbocycles. The van der Waals surface area contributed by atoms with Gasteiger partial charge in [-0.1, -0.05) is 26.0 Å². The fourth-order valence-corrected chi connectivity index (χ4v) is 5.09. The van der Waals surface area contributed by atoms with Crippen molar-refractivity contribution in [1.29, 1.82) is 0 Å². The van der Waals surface area contributed by atoms with E-state index in [9.17, 15) is 13.2 Å². The highest BCUT2D eigenvalue weighted by molar-refractivity contribution is 8.01. The Labute approximate surface area is 137 Å². The molecule has 2 rings (SSSR count). The van der Waals surface area contributed by atoms with Crippen LogP contribution in [0.4, 0.5) is 0 Å². The quantitative estimate of drug-likeness (QED) is 0.775. The van der Waals surface area contributed by atoms with Crippen molar-refractivity contribution in [3.05, 3.63) is 24.3 Å². The molecule has 122 valence electrons. The summed E-state index contributed by atoms with van der Waals surface area (Å²) in [6.45, 7) is 5.77. The zero-order chi connectivity index (χ0) is 16.3. The van der Waals surface area contributed by atoms with Gasteiger partial charge in [-0.3, -0.25) is 4.79 Å². The zero-order valence-corrected chi connectivity index (χ0v) is 14.8. The van der Waals surface area contributed by atoms with Gasteiger partial charge < -0.3 is 5.32 Å². The number of hydrogen-bond acceptors (Lipinski definition) is 4. The molecule has 4 nitrogen and oxygen atoms in total. The number of carbonyl (C=O) groups is 1. The van der Waals surface area contributed by atoms with Gasteiger partial charge in [0.1, 0.15) is 0 Å². The minimum atomic E-state index is -3.28. The second kappa shape index (κ2) is 7.04. The summed E-state index contributed by atoms with van der Waals surface area (Å²) in [5.41, 5.74) is 0. The van der Waals surface area contributed by atoms with Crippen LogP contribution in [-0.4, -0.2) is 31.4 Å². The van der Waals surface area contributed by atoms with Gasteiger partial charge in [-0.15, -0.1) is 11.8 Å². The lowest BCUT2D eigenvalue weighted by molar-refractivity contribution is -0.120. The van der Waals surface area contributed by atoms with Crippen molar-refractivity contribution in [2.45, 2.75) is 54.7 Å². The van der Waals surface area contributed by atoms with E-state index in [1.165, 1.54) is 11.8 Å². The first kappa shape index (κ1) is 17.3. The predicted octanol–water partition coefficient (Wildman–Crippen LogP) is 2.88. The minimum absolute atomic E-state index is 0.0259. The van der Waals surface area contributed by atoms with Crippen LogP contribution in [0.3, 0.4) is 0 Å². The summed E-state index contributed by atoms with van der Waals surface area (Å²) in [4.78, 5) is 13.1. The Morgan fingerprint density at radius 2 is 2.05 bits per heavy atom. The van der Waals surface area contributed by atoms with Crippen LogP contribution in [-0.2, 0) is 14.6 Å². The van der Waals surface area contributed by atoms with Crippen LogP contribution in [0, 0.1) is 5.92 Å². The maximum Gasteiger partial charge on any atom is 0.233 e. The van der Waals surface area contributed by atoms with E-state index in [0.717, 1.165) is 6.42 Å². The van der Waals surface area contributed by atoms with Crippen molar-refractivity contribution in [2.24, 2.45) is 5.92 Å². The predicted molar refractivity (Wildman–Crippen MR) is 89.8 cm³/mol. The SMILES string of the molecule is CCCS(=O)(=O)c1ccccc1S[C@H](C)C(=O)N[C@@H]1C[C@H]1C. The van der Waals surface area contributed by atoms with Gasteiger partial charge in [0.15, 0.2) is 9.84 Å². The van der Waals surface area contributed by atoms with E-state index in [1.54, 1.807) is 24.3 Å². The molecule has 0 aromatic heterocycles. The van der Waals surface area contributed by atoms with Crippen molar-refractivity contribution in [2.75, 3.05) is 5.75 Å². The molecule has 0 aliphatic heterocycles. The number of thioether (sulfide) groups is 1. The fourth-order valence-electron chi connectivity index (χ4n) is 2.25. The molecule has 1 aliphatic rings. The molecule has 3 atom stereocenters. The monoisotopic (exact) mass is 341 g/mol. The summed E-state index contributed by atoms with van der Waals surface area (Å²) in [6.07, 6.45) is 1.61. The molecule has 1 aromatic carbocycles. The van der Waals surface area contributed by atoms with Gasteiger partial charge in [-0.25, -0.2) is 8.42 Å². The average molecular weight is 341 g/mol. The molecular weight excluding hydrogens is 318 g/mol. The molecule has 0 heterocycles. The maximum atomic E-state index is 12.3. The third-order valence-corrected chi connectivity index (χ3v) is 7.05. The van der Waals surface area contributed by atoms with E-state index in [0.29, 0.717) is 22.1 Å². The Hall–Kier alpha value is -1.01. The summed E-state index contributed by atoms with van der Waals surface area (Å²) in [5, 5.41) is 2.68. The lowest BCUT2D eigenvalue weighted by Crippen LogP contribution is -2.33. The van der Waals surface area contributed by atoms with Gasteiger partial charge in [0.25, 0.3) is 0 Å². The van der Waals surface area contributed by atoms with E-state index < -0.39 is 9.84 Å². The highest BCUT2D eigenvalue weighted by Gasteiger charge is 2.35. The third-order valence-electron chi connectivity index (χ3n) is 3.77. The Morgan fingerprint density at radius 1 is 1.41 bits per heavy atom. The molecule has 0 bridgehead atoms. The Bertz CT molecular complexity index is 643. The molecule has 1 amide bonds. The standard InChI is InChI=1S/C16H23NO3S2/c1-4-9-22(19,20)15-8-6-5-7-14(15)21-12(3)16(18)17-13-10-11(13)2/h5-8,11-13H,4,9-10H2,1-3H3,(H,17,18)/t11-,12-,13-/m1/s1. The number of hydrogen-bond donors (Lipinski definition) is 1. The first-order valence-electron chi connectivity index (χ1n) is 7.64. The van der Waals surface area contributed by atoms with E-state index >= 15 is 0 Å². The number of rotatable bonds is 7. The Kier molecular flexibility index (Phi) is 5.55.